The summed E-state index contributed by atoms with van der Waals surface area (Å²) in [6.45, 7) is 7.07. The monoisotopic (exact) mass is 252 g/mol. The van der Waals surface area contributed by atoms with E-state index < -0.39 is 9.04 Å². The van der Waals surface area contributed by atoms with Gasteiger partial charge in [0.15, 0.2) is 0 Å². The van der Waals surface area contributed by atoms with Gasteiger partial charge in [0, 0.05) is 6.61 Å². The fourth-order valence-corrected chi connectivity index (χ4v) is 4.31. The van der Waals surface area contributed by atoms with Crippen LogP contribution in [0.2, 0.25) is 6.04 Å². The number of rotatable bonds is 8. The van der Waals surface area contributed by atoms with Crippen LogP contribution in [0.1, 0.15) is 33.6 Å². The Morgan fingerprint density at radius 2 is 1.82 bits per heavy atom. The van der Waals surface area contributed by atoms with Crippen molar-refractivity contribution < 1.29 is 9.16 Å². The summed E-state index contributed by atoms with van der Waals surface area (Å²) in [6.07, 6.45) is 2.07. The Bertz CT molecular complexity index is 290. The Morgan fingerprint density at radius 1 is 1.12 bits per heavy atom. The molecule has 96 valence electrons. The average molecular weight is 252 g/mol. The van der Waals surface area contributed by atoms with Crippen LogP contribution in [-0.4, -0.2) is 21.9 Å². The van der Waals surface area contributed by atoms with Gasteiger partial charge in [-0.25, -0.2) is 0 Å². The lowest BCUT2D eigenvalue weighted by atomic mass is 10.4. The normalized spacial score (nSPS) is 14.5. The molecule has 0 saturated carbocycles. The van der Waals surface area contributed by atoms with Crippen LogP contribution < -0.4 is 5.19 Å². The Hall–Kier alpha value is -0.643. The third kappa shape index (κ3) is 5.02. The molecule has 0 aromatic heterocycles. The maximum absolute atomic E-state index is 6.18. The van der Waals surface area contributed by atoms with E-state index in [-0.39, 0.29) is 6.29 Å². The van der Waals surface area contributed by atoms with Crippen molar-refractivity contribution >= 4 is 14.2 Å². The van der Waals surface area contributed by atoms with E-state index in [1.807, 2.05) is 6.92 Å². The van der Waals surface area contributed by atoms with Gasteiger partial charge in [-0.15, -0.1) is 0 Å². The minimum Gasteiger partial charge on any atom is -0.391 e. The molecule has 1 aromatic carbocycles. The number of hydrogen-bond donors (Lipinski definition) is 0. The maximum atomic E-state index is 6.18. The largest absolute Gasteiger partial charge is 0.391 e. The highest BCUT2D eigenvalue weighted by molar-refractivity contribution is 6.67. The van der Waals surface area contributed by atoms with Crippen LogP contribution in [0.15, 0.2) is 30.3 Å². The van der Waals surface area contributed by atoms with Gasteiger partial charge in [-0.05, 0) is 24.6 Å². The molecule has 0 aliphatic carbocycles. The highest BCUT2D eigenvalue weighted by Crippen LogP contribution is 2.08. The Morgan fingerprint density at radius 3 is 2.35 bits per heavy atom. The minimum atomic E-state index is -1.32. The lowest BCUT2D eigenvalue weighted by Crippen LogP contribution is -2.37. The quantitative estimate of drug-likeness (QED) is 0.523. The molecule has 0 aliphatic heterocycles. The van der Waals surface area contributed by atoms with Crippen LogP contribution in [0.4, 0.5) is 0 Å². The highest BCUT2D eigenvalue weighted by atomic mass is 28.3. The first-order valence-electron chi connectivity index (χ1n) is 6.63. The van der Waals surface area contributed by atoms with Crippen LogP contribution in [0.3, 0.4) is 0 Å². The SMILES string of the molecule is CCC[SiH](OC(CC)OCC)c1ccccc1. The first-order chi connectivity index (χ1) is 8.31. The molecule has 0 fully saturated rings. The van der Waals surface area contributed by atoms with E-state index in [9.17, 15) is 0 Å². The first kappa shape index (κ1) is 14.4. The van der Waals surface area contributed by atoms with E-state index in [1.54, 1.807) is 0 Å². The van der Waals surface area contributed by atoms with Crippen molar-refractivity contribution in [3.63, 3.8) is 0 Å². The van der Waals surface area contributed by atoms with E-state index in [2.05, 4.69) is 44.2 Å². The molecule has 0 N–H and O–H groups in total. The zero-order valence-corrected chi connectivity index (χ0v) is 12.3. The summed E-state index contributed by atoms with van der Waals surface area (Å²) < 4.78 is 11.8. The maximum Gasteiger partial charge on any atom is 0.211 e. The van der Waals surface area contributed by atoms with Gasteiger partial charge in [0.25, 0.3) is 0 Å². The fourth-order valence-electron chi connectivity index (χ4n) is 1.87. The smallest absolute Gasteiger partial charge is 0.211 e. The molecule has 0 amide bonds. The molecule has 0 spiro atoms. The summed E-state index contributed by atoms with van der Waals surface area (Å²) in [7, 11) is -1.32. The van der Waals surface area contributed by atoms with Gasteiger partial charge in [-0.3, -0.25) is 0 Å². The Balaban J connectivity index is 2.65. The molecule has 0 heterocycles. The molecule has 2 nitrogen and oxygen atoms in total. The highest BCUT2D eigenvalue weighted by Gasteiger charge is 2.18. The Kier molecular flexibility index (Phi) is 7.16. The average Bonchev–Trinajstić information content (AvgIpc) is 2.38. The molecule has 0 saturated heterocycles. The van der Waals surface area contributed by atoms with Crippen molar-refractivity contribution in [2.75, 3.05) is 6.61 Å². The van der Waals surface area contributed by atoms with E-state index in [0.29, 0.717) is 0 Å². The summed E-state index contributed by atoms with van der Waals surface area (Å²) in [5, 5.41) is 1.38. The van der Waals surface area contributed by atoms with Gasteiger partial charge in [-0.2, -0.15) is 0 Å². The second-order valence-corrected chi connectivity index (χ2v) is 6.61. The molecule has 0 radical (unpaired) electrons. The predicted octanol–water partition coefficient (Wildman–Crippen LogP) is 2.82. The van der Waals surface area contributed by atoms with Crippen molar-refractivity contribution in [1.29, 1.82) is 0 Å². The van der Waals surface area contributed by atoms with Gasteiger partial charge in [-0.1, -0.05) is 50.6 Å². The second kappa shape index (κ2) is 8.45. The molecule has 2 unspecified atom stereocenters. The third-order valence-electron chi connectivity index (χ3n) is 2.72. The summed E-state index contributed by atoms with van der Waals surface area (Å²) in [6, 6.07) is 11.8. The van der Waals surface area contributed by atoms with Gasteiger partial charge in [0.05, 0.1) is 0 Å². The van der Waals surface area contributed by atoms with Crippen LogP contribution in [0, 0.1) is 0 Å². The van der Waals surface area contributed by atoms with Crippen molar-refractivity contribution in [1.82, 2.24) is 0 Å². The van der Waals surface area contributed by atoms with Gasteiger partial charge < -0.3 is 9.16 Å². The van der Waals surface area contributed by atoms with Crippen molar-refractivity contribution in [2.45, 2.75) is 45.9 Å². The lowest BCUT2D eigenvalue weighted by molar-refractivity contribution is -0.0784. The minimum absolute atomic E-state index is 0.0246. The molecule has 1 rings (SSSR count). The van der Waals surface area contributed by atoms with Gasteiger partial charge >= 0.3 is 0 Å². The Labute approximate surface area is 107 Å². The first-order valence-corrected chi connectivity index (χ1v) is 8.50. The van der Waals surface area contributed by atoms with Crippen molar-refractivity contribution in [3.05, 3.63) is 30.3 Å². The second-order valence-electron chi connectivity index (χ2n) is 4.12. The molecule has 0 aliphatic rings. The number of ether oxygens (including phenoxy) is 1. The molecule has 3 heteroatoms. The summed E-state index contributed by atoms with van der Waals surface area (Å²) >= 11 is 0. The van der Waals surface area contributed by atoms with Crippen molar-refractivity contribution in [2.24, 2.45) is 0 Å². The predicted molar refractivity (Wildman–Crippen MR) is 75.1 cm³/mol. The van der Waals surface area contributed by atoms with Gasteiger partial charge in [0.1, 0.15) is 6.29 Å². The van der Waals surface area contributed by atoms with Crippen molar-refractivity contribution in [3.8, 4) is 0 Å². The van der Waals surface area contributed by atoms with Crippen LogP contribution in [0.5, 0.6) is 0 Å². The summed E-state index contributed by atoms with van der Waals surface area (Å²) in [4.78, 5) is 0. The topological polar surface area (TPSA) is 18.5 Å². The molecule has 2 atom stereocenters. The van der Waals surface area contributed by atoms with Crippen LogP contribution in [0.25, 0.3) is 0 Å². The number of benzene rings is 1. The van der Waals surface area contributed by atoms with Crippen LogP contribution in [-0.2, 0) is 9.16 Å². The van der Waals surface area contributed by atoms with E-state index >= 15 is 0 Å². The fraction of sp³-hybridized carbons (Fsp3) is 0.571. The van der Waals surface area contributed by atoms with Gasteiger partial charge in [0.2, 0.25) is 9.04 Å². The zero-order chi connectivity index (χ0) is 12.5. The molecule has 17 heavy (non-hydrogen) atoms. The standard InChI is InChI=1S/C14H24O2Si/c1-4-12-17(13-10-8-7-9-11-13)16-14(5-2)15-6-3/h7-11,14,17H,4-6,12H2,1-3H3. The molecular formula is C14H24O2Si. The van der Waals surface area contributed by atoms with E-state index in [4.69, 9.17) is 9.16 Å². The number of hydrogen-bond acceptors (Lipinski definition) is 2. The van der Waals surface area contributed by atoms with E-state index in [0.717, 1.165) is 13.0 Å². The van der Waals surface area contributed by atoms with E-state index in [1.165, 1.54) is 17.7 Å². The lowest BCUT2D eigenvalue weighted by Gasteiger charge is -2.23. The summed E-state index contributed by atoms with van der Waals surface area (Å²) in [5.74, 6) is 0. The molecular weight excluding hydrogens is 228 g/mol. The summed E-state index contributed by atoms with van der Waals surface area (Å²) in [5.41, 5.74) is 0. The molecule has 1 aromatic rings. The molecule has 0 bridgehead atoms. The zero-order valence-electron chi connectivity index (χ0n) is 11.2. The van der Waals surface area contributed by atoms with Crippen LogP contribution >= 0.6 is 0 Å². The third-order valence-corrected chi connectivity index (χ3v) is 5.59.